The van der Waals surface area contributed by atoms with Crippen molar-refractivity contribution in [3.05, 3.63) is 29.3 Å². The number of nitrogens with zero attached hydrogens (tertiary/aromatic N) is 1. The van der Waals surface area contributed by atoms with Crippen LogP contribution in [-0.2, 0) is 14.8 Å². The fourth-order valence-corrected chi connectivity index (χ4v) is 3.40. The lowest BCUT2D eigenvalue weighted by atomic mass is 10.4. The lowest BCUT2D eigenvalue weighted by Crippen LogP contribution is -2.31. The first-order valence-electron chi connectivity index (χ1n) is 4.83. The van der Waals surface area contributed by atoms with Gasteiger partial charge in [-0.05, 0) is 24.6 Å². The largest absolute Gasteiger partial charge is 0.274 e. The molecule has 0 N–H and O–H groups in total. The van der Waals surface area contributed by atoms with Gasteiger partial charge in [-0.2, -0.15) is 0 Å². The average molecular weight is 260 g/mol. The topological polar surface area (TPSA) is 54.5 Å². The van der Waals surface area contributed by atoms with Crippen LogP contribution in [0.1, 0.15) is 12.8 Å². The van der Waals surface area contributed by atoms with Gasteiger partial charge in [-0.1, -0.05) is 17.7 Å². The van der Waals surface area contributed by atoms with Gasteiger partial charge in [0.15, 0.2) is 0 Å². The molecule has 1 amide bonds. The first-order chi connectivity index (χ1) is 7.51. The maximum absolute atomic E-state index is 12.0. The minimum Gasteiger partial charge on any atom is -0.274 e. The molecule has 0 saturated carbocycles. The summed E-state index contributed by atoms with van der Waals surface area (Å²) in [6.45, 7) is 0.258. The fourth-order valence-electron chi connectivity index (χ4n) is 1.63. The number of carbonyl (C=O) groups excluding carboxylic acids is 1. The molecule has 16 heavy (non-hydrogen) atoms. The Labute approximate surface area is 98.9 Å². The average Bonchev–Trinajstić information content (AvgIpc) is 2.65. The fraction of sp³-hybridized carbons (Fsp3) is 0.300. The third kappa shape index (κ3) is 1.92. The second-order valence-electron chi connectivity index (χ2n) is 3.53. The number of carbonyl (C=O) groups is 1. The van der Waals surface area contributed by atoms with Crippen LogP contribution in [0, 0.1) is 0 Å². The Hall–Kier alpha value is -1.07. The van der Waals surface area contributed by atoms with Gasteiger partial charge in [0.05, 0.1) is 4.90 Å². The summed E-state index contributed by atoms with van der Waals surface area (Å²) in [4.78, 5) is 11.5. The van der Waals surface area contributed by atoms with E-state index in [1.54, 1.807) is 12.1 Å². The van der Waals surface area contributed by atoms with E-state index in [1.807, 2.05) is 0 Å². The molecule has 4 nitrogen and oxygen atoms in total. The normalized spacial score (nSPS) is 16.8. The molecule has 1 aliphatic rings. The Kier molecular flexibility index (Phi) is 2.90. The van der Waals surface area contributed by atoms with Gasteiger partial charge in [0.1, 0.15) is 0 Å². The van der Waals surface area contributed by atoms with Crippen molar-refractivity contribution >= 4 is 27.5 Å². The molecule has 0 bridgehead atoms. The molecule has 0 aliphatic carbocycles. The van der Waals surface area contributed by atoms with Crippen LogP contribution >= 0.6 is 11.6 Å². The van der Waals surface area contributed by atoms with E-state index >= 15 is 0 Å². The molecule has 1 fully saturated rings. The minimum absolute atomic E-state index is 0.0650. The molecule has 0 spiro atoms. The van der Waals surface area contributed by atoms with E-state index in [0.29, 0.717) is 17.9 Å². The van der Waals surface area contributed by atoms with Crippen LogP contribution in [-0.4, -0.2) is 25.2 Å². The van der Waals surface area contributed by atoms with E-state index in [4.69, 9.17) is 11.6 Å². The number of benzene rings is 1. The molecule has 1 aromatic rings. The van der Waals surface area contributed by atoms with Crippen molar-refractivity contribution in [2.24, 2.45) is 0 Å². The maximum Gasteiger partial charge on any atom is 0.266 e. The van der Waals surface area contributed by atoms with E-state index in [9.17, 15) is 13.2 Å². The van der Waals surface area contributed by atoms with Crippen molar-refractivity contribution in [1.82, 2.24) is 4.31 Å². The Morgan fingerprint density at radius 2 is 2.06 bits per heavy atom. The van der Waals surface area contributed by atoms with Crippen molar-refractivity contribution in [2.45, 2.75) is 17.7 Å². The third-order valence-electron chi connectivity index (χ3n) is 2.41. The number of hydrogen-bond donors (Lipinski definition) is 0. The molecule has 1 heterocycles. The summed E-state index contributed by atoms with van der Waals surface area (Å²) in [5.74, 6) is -0.347. The Morgan fingerprint density at radius 1 is 1.31 bits per heavy atom. The zero-order valence-corrected chi connectivity index (χ0v) is 9.96. The molecule has 0 aromatic heterocycles. The van der Waals surface area contributed by atoms with Crippen molar-refractivity contribution < 1.29 is 13.2 Å². The lowest BCUT2D eigenvalue weighted by molar-refractivity contribution is -0.123. The van der Waals surface area contributed by atoms with Crippen LogP contribution in [0.5, 0.6) is 0 Å². The van der Waals surface area contributed by atoms with Crippen LogP contribution < -0.4 is 0 Å². The number of halogens is 1. The third-order valence-corrected chi connectivity index (χ3v) is 4.47. The molecule has 0 unspecified atom stereocenters. The molecular weight excluding hydrogens is 250 g/mol. The Morgan fingerprint density at radius 3 is 2.62 bits per heavy atom. The van der Waals surface area contributed by atoms with E-state index in [1.165, 1.54) is 12.1 Å². The van der Waals surface area contributed by atoms with Crippen LogP contribution in [0.4, 0.5) is 0 Å². The molecule has 1 aliphatic heterocycles. The quantitative estimate of drug-likeness (QED) is 0.812. The van der Waals surface area contributed by atoms with Crippen molar-refractivity contribution in [3.63, 3.8) is 0 Å². The number of hydrogen-bond acceptors (Lipinski definition) is 3. The number of amides is 1. The molecule has 1 aromatic carbocycles. The first kappa shape index (κ1) is 11.4. The van der Waals surface area contributed by atoms with E-state index in [2.05, 4.69) is 0 Å². The van der Waals surface area contributed by atoms with Crippen molar-refractivity contribution in [3.8, 4) is 0 Å². The Balaban J connectivity index is 2.43. The summed E-state index contributed by atoms with van der Waals surface area (Å²) in [5.41, 5.74) is 0. The smallest absolute Gasteiger partial charge is 0.266 e. The summed E-state index contributed by atoms with van der Waals surface area (Å²) in [6, 6.07) is 5.93. The molecule has 6 heteroatoms. The summed E-state index contributed by atoms with van der Waals surface area (Å²) in [7, 11) is -3.71. The van der Waals surface area contributed by atoms with Crippen LogP contribution in [0.3, 0.4) is 0 Å². The van der Waals surface area contributed by atoms with Crippen LogP contribution in [0.15, 0.2) is 29.2 Å². The number of rotatable bonds is 2. The first-order valence-corrected chi connectivity index (χ1v) is 6.65. The molecule has 2 rings (SSSR count). The summed E-state index contributed by atoms with van der Waals surface area (Å²) < 4.78 is 25.0. The van der Waals surface area contributed by atoms with Crippen molar-refractivity contribution in [2.75, 3.05) is 6.54 Å². The predicted molar refractivity (Wildman–Crippen MR) is 59.6 cm³/mol. The molecule has 0 atom stereocenters. The number of sulfonamides is 1. The molecule has 86 valence electrons. The van der Waals surface area contributed by atoms with Gasteiger partial charge in [0.2, 0.25) is 5.91 Å². The summed E-state index contributed by atoms with van der Waals surface area (Å²) in [5, 5.41) is 0.340. The zero-order valence-electron chi connectivity index (χ0n) is 8.39. The minimum atomic E-state index is -3.71. The second-order valence-corrected chi connectivity index (χ2v) is 5.83. The van der Waals surface area contributed by atoms with E-state index in [-0.39, 0.29) is 17.3 Å². The van der Waals surface area contributed by atoms with Gasteiger partial charge < -0.3 is 0 Å². The maximum atomic E-state index is 12.0. The summed E-state index contributed by atoms with van der Waals surface area (Å²) >= 11 is 5.73. The van der Waals surface area contributed by atoms with Crippen LogP contribution in [0.25, 0.3) is 0 Å². The monoisotopic (exact) mass is 259 g/mol. The van der Waals surface area contributed by atoms with Gasteiger partial charge in [0.25, 0.3) is 10.0 Å². The van der Waals surface area contributed by atoms with Gasteiger partial charge in [-0.15, -0.1) is 0 Å². The van der Waals surface area contributed by atoms with Gasteiger partial charge in [0, 0.05) is 18.0 Å². The van der Waals surface area contributed by atoms with E-state index in [0.717, 1.165) is 4.31 Å². The van der Waals surface area contributed by atoms with Crippen molar-refractivity contribution in [1.29, 1.82) is 0 Å². The molecular formula is C10H10ClNO3S. The van der Waals surface area contributed by atoms with Crippen LogP contribution in [0.2, 0.25) is 5.02 Å². The lowest BCUT2D eigenvalue weighted by Gasteiger charge is -2.15. The molecule has 1 saturated heterocycles. The standard InChI is InChI=1S/C10H10ClNO3S/c11-8-3-1-4-9(7-8)16(14,15)12-6-2-5-10(12)13/h1,3-4,7H,2,5-6H2. The SMILES string of the molecule is O=C1CCCN1S(=O)(=O)c1cccc(Cl)c1. The predicted octanol–water partition coefficient (Wildman–Crippen LogP) is 1.65. The molecule has 0 radical (unpaired) electrons. The highest BCUT2D eigenvalue weighted by atomic mass is 35.5. The highest BCUT2D eigenvalue weighted by molar-refractivity contribution is 7.89. The van der Waals surface area contributed by atoms with E-state index < -0.39 is 10.0 Å². The Bertz CT molecular complexity index is 527. The highest BCUT2D eigenvalue weighted by Gasteiger charge is 2.32. The van der Waals surface area contributed by atoms with Gasteiger partial charge in [-0.25, -0.2) is 12.7 Å². The second kappa shape index (κ2) is 4.07. The van der Waals surface area contributed by atoms with Gasteiger partial charge in [-0.3, -0.25) is 4.79 Å². The zero-order chi connectivity index (χ0) is 11.8. The summed E-state index contributed by atoms with van der Waals surface area (Å²) in [6.07, 6.45) is 0.873. The highest BCUT2D eigenvalue weighted by Crippen LogP contribution is 2.23. The van der Waals surface area contributed by atoms with Gasteiger partial charge >= 0.3 is 0 Å².